The van der Waals surface area contributed by atoms with Crippen LogP contribution in [0.4, 0.5) is 0 Å². The summed E-state index contributed by atoms with van der Waals surface area (Å²) in [5, 5.41) is 0. The number of allylic oxidation sites excluding steroid dienone is 5. The molecule has 1 aliphatic heterocycles. The van der Waals surface area contributed by atoms with Crippen LogP contribution < -0.4 is 0 Å². The summed E-state index contributed by atoms with van der Waals surface area (Å²) in [7, 11) is 0. The van der Waals surface area contributed by atoms with Crippen LogP contribution >= 0.6 is 0 Å². The molecule has 96 valence electrons. The van der Waals surface area contributed by atoms with Gasteiger partial charge in [-0.1, -0.05) is 30.4 Å². The third kappa shape index (κ3) is 1.31. The SMILES string of the molecule is C1=CCC23CC=CCC2(C=CC2(C3)OCCO2)C1. The molecule has 4 aliphatic rings. The van der Waals surface area contributed by atoms with Crippen molar-refractivity contribution in [1.82, 2.24) is 0 Å². The number of hydrogen-bond acceptors (Lipinski definition) is 2. The predicted molar refractivity (Wildman–Crippen MR) is 70.0 cm³/mol. The van der Waals surface area contributed by atoms with E-state index < -0.39 is 5.79 Å². The van der Waals surface area contributed by atoms with Gasteiger partial charge in [0.05, 0.1) is 13.2 Å². The van der Waals surface area contributed by atoms with E-state index in [1.54, 1.807) is 0 Å². The number of rotatable bonds is 0. The molecule has 0 atom stereocenters. The molecule has 2 nitrogen and oxygen atoms in total. The molecule has 0 aromatic heterocycles. The fourth-order valence-electron chi connectivity index (χ4n) is 4.33. The Morgan fingerprint density at radius 1 is 0.722 bits per heavy atom. The molecule has 18 heavy (non-hydrogen) atoms. The molecule has 4 rings (SSSR count). The molecule has 1 spiro atoms. The molecule has 2 heteroatoms. The second-order valence-electron chi connectivity index (χ2n) is 6.21. The molecule has 0 bridgehead atoms. The van der Waals surface area contributed by atoms with Crippen molar-refractivity contribution in [3.63, 3.8) is 0 Å². The first-order chi connectivity index (χ1) is 8.79. The van der Waals surface area contributed by atoms with Gasteiger partial charge in [-0.2, -0.15) is 0 Å². The number of hydrogen-bond donors (Lipinski definition) is 0. The van der Waals surface area contributed by atoms with Gasteiger partial charge in [-0.25, -0.2) is 0 Å². The third-order valence-electron chi connectivity index (χ3n) is 5.39. The van der Waals surface area contributed by atoms with Gasteiger partial charge in [-0.15, -0.1) is 0 Å². The summed E-state index contributed by atoms with van der Waals surface area (Å²) in [5.41, 5.74) is 0.632. The Balaban J connectivity index is 1.80. The first kappa shape index (κ1) is 11.0. The quantitative estimate of drug-likeness (QED) is 0.608. The summed E-state index contributed by atoms with van der Waals surface area (Å²) in [4.78, 5) is 0. The first-order valence-corrected chi connectivity index (χ1v) is 7.07. The molecule has 0 aromatic carbocycles. The lowest BCUT2D eigenvalue weighted by atomic mass is 9.49. The Morgan fingerprint density at radius 2 is 1.33 bits per heavy atom. The van der Waals surface area contributed by atoms with Crippen LogP contribution in [-0.2, 0) is 9.47 Å². The van der Waals surface area contributed by atoms with Gasteiger partial charge in [0.25, 0.3) is 0 Å². The zero-order chi connectivity index (χ0) is 12.1. The van der Waals surface area contributed by atoms with E-state index >= 15 is 0 Å². The average molecular weight is 244 g/mol. The van der Waals surface area contributed by atoms with E-state index in [9.17, 15) is 0 Å². The summed E-state index contributed by atoms with van der Waals surface area (Å²) in [6.07, 6.45) is 19.7. The molecular formula is C16H20O2. The normalized spacial score (nSPS) is 44.0. The topological polar surface area (TPSA) is 18.5 Å². The fraction of sp³-hybridized carbons (Fsp3) is 0.625. The first-order valence-electron chi connectivity index (χ1n) is 7.07. The van der Waals surface area contributed by atoms with Crippen LogP contribution in [0, 0.1) is 10.8 Å². The Hall–Kier alpha value is -0.860. The molecule has 1 fully saturated rings. The molecule has 1 saturated heterocycles. The molecule has 1 heterocycles. The zero-order valence-electron chi connectivity index (χ0n) is 10.7. The van der Waals surface area contributed by atoms with Gasteiger partial charge in [-0.05, 0) is 37.2 Å². The minimum Gasteiger partial charge on any atom is -0.344 e. The fourth-order valence-corrected chi connectivity index (χ4v) is 4.33. The molecule has 0 radical (unpaired) electrons. The summed E-state index contributed by atoms with van der Waals surface area (Å²) in [5.74, 6) is -0.417. The van der Waals surface area contributed by atoms with E-state index in [-0.39, 0.29) is 0 Å². The Kier molecular flexibility index (Phi) is 2.19. The highest BCUT2D eigenvalue weighted by Crippen LogP contribution is 2.63. The summed E-state index contributed by atoms with van der Waals surface area (Å²) < 4.78 is 11.8. The van der Waals surface area contributed by atoms with E-state index in [0.717, 1.165) is 32.5 Å². The van der Waals surface area contributed by atoms with Crippen LogP contribution in [0.3, 0.4) is 0 Å². The standard InChI is InChI=1S/C16H20O2/c1-3-7-15-8-4-2-6-14(15,5-1)9-10-16(13-15)17-11-12-18-16/h1-4,9-10H,5-8,11-13H2. The van der Waals surface area contributed by atoms with E-state index in [0.29, 0.717) is 10.8 Å². The highest BCUT2D eigenvalue weighted by molar-refractivity contribution is 5.28. The van der Waals surface area contributed by atoms with Gasteiger partial charge in [-0.3, -0.25) is 0 Å². The smallest absolute Gasteiger partial charge is 0.188 e. The summed E-state index contributed by atoms with van der Waals surface area (Å²) in [6, 6.07) is 0. The minimum absolute atomic E-state index is 0.315. The van der Waals surface area contributed by atoms with Crippen LogP contribution in [0.2, 0.25) is 0 Å². The van der Waals surface area contributed by atoms with Gasteiger partial charge in [0.15, 0.2) is 5.79 Å². The van der Waals surface area contributed by atoms with Crippen molar-refractivity contribution in [3.8, 4) is 0 Å². The van der Waals surface area contributed by atoms with Crippen molar-refractivity contribution in [1.29, 1.82) is 0 Å². The van der Waals surface area contributed by atoms with Gasteiger partial charge < -0.3 is 9.47 Å². The van der Waals surface area contributed by atoms with Gasteiger partial charge >= 0.3 is 0 Å². The van der Waals surface area contributed by atoms with Crippen molar-refractivity contribution < 1.29 is 9.47 Å². The number of ether oxygens (including phenoxy) is 2. The van der Waals surface area contributed by atoms with Gasteiger partial charge in [0.1, 0.15) is 0 Å². The molecule has 0 unspecified atom stereocenters. The van der Waals surface area contributed by atoms with Crippen LogP contribution in [-0.4, -0.2) is 19.0 Å². The maximum Gasteiger partial charge on any atom is 0.188 e. The molecule has 0 N–H and O–H groups in total. The lowest BCUT2D eigenvalue weighted by Crippen LogP contribution is -2.51. The molecular weight excluding hydrogens is 224 g/mol. The highest BCUT2D eigenvalue weighted by Gasteiger charge is 2.57. The molecule has 3 aliphatic carbocycles. The van der Waals surface area contributed by atoms with Crippen LogP contribution in [0.1, 0.15) is 32.1 Å². The molecule has 0 amide bonds. The predicted octanol–water partition coefficient (Wildman–Crippen LogP) is 3.36. The van der Waals surface area contributed by atoms with Crippen LogP contribution in [0.25, 0.3) is 0 Å². The van der Waals surface area contributed by atoms with Crippen LogP contribution in [0.15, 0.2) is 36.5 Å². The van der Waals surface area contributed by atoms with Crippen molar-refractivity contribution in [2.24, 2.45) is 10.8 Å². The average Bonchev–Trinajstić information content (AvgIpc) is 2.85. The van der Waals surface area contributed by atoms with E-state index in [2.05, 4.69) is 36.5 Å². The Labute approximate surface area is 108 Å². The second-order valence-corrected chi connectivity index (χ2v) is 6.21. The minimum atomic E-state index is -0.417. The zero-order valence-corrected chi connectivity index (χ0v) is 10.7. The Bertz CT molecular complexity index is 420. The van der Waals surface area contributed by atoms with E-state index in [1.807, 2.05) is 0 Å². The monoisotopic (exact) mass is 244 g/mol. The lowest BCUT2D eigenvalue weighted by Gasteiger charge is -2.57. The summed E-state index contributed by atoms with van der Waals surface area (Å²) in [6.45, 7) is 1.47. The molecule has 0 saturated carbocycles. The van der Waals surface area contributed by atoms with Crippen molar-refractivity contribution in [3.05, 3.63) is 36.5 Å². The van der Waals surface area contributed by atoms with Crippen molar-refractivity contribution in [2.75, 3.05) is 13.2 Å². The maximum atomic E-state index is 5.91. The van der Waals surface area contributed by atoms with Gasteiger partial charge in [0, 0.05) is 11.8 Å². The third-order valence-corrected chi connectivity index (χ3v) is 5.39. The lowest BCUT2D eigenvalue weighted by molar-refractivity contribution is -0.169. The second kappa shape index (κ2) is 3.58. The maximum absolute atomic E-state index is 5.91. The molecule has 0 aromatic rings. The van der Waals surface area contributed by atoms with Gasteiger partial charge in [0.2, 0.25) is 0 Å². The van der Waals surface area contributed by atoms with E-state index in [4.69, 9.17) is 9.47 Å². The largest absolute Gasteiger partial charge is 0.344 e. The van der Waals surface area contributed by atoms with E-state index in [1.165, 1.54) is 12.8 Å². The van der Waals surface area contributed by atoms with Crippen molar-refractivity contribution in [2.45, 2.75) is 37.9 Å². The van der Waals surface area contributed by atoms with Crippen molar-refractivity contribution >= 4 is 0 Å². The highest BCUT2D eigenvalue weighted by atomic mass is 16.7. The van der Waals surface area contributed by atoms with Crippen LogP contribution in [0.5, 0.6) is 0 Å². The summed E-state index contributed by atoms with van der Waals surface area (Å²) >= 11 is 0. The Morgan fingerprint density at radius 3 is 2.00 bits per heavy atom.